The number of likely N-dealkylation sites (N-methyl/N-ethyl adjacent to an activating group) is 1. The first-order valence-electron chi connectivity index (χ1n) is 13.8. The standard InChI is InChI=1S/C28H46N6O2/c1-21(2)9-6-7-18-36-26-20-24-23(19-25(26)35-5)27(29-22-10-14-33(4)15-11-22)31-28(30-24)34-13-8-12-32(3)16-17-34/h19-22H,6-18H2,1-5H3,(H,29,30,31). The Hall–Kier alpha value is -2.32. The fourth-order valence-electron chi connectivity index (χ4n) is 5.08. The van der Waals surface area contributed by atoms with Gasteiger partial charge in [0.05, 0.1) is 19.2 Å². The van der Waals surface area contributed by atoms with Crippen LogP contribution in [0.4, 0.5) is 11.8 Å². The third-order valence-electron chi connectivity index (χ3n) is 7.46. The fraction of sp³-hybridized carbons (Fsp3) is 0.714. The molecule has 0 saturated carbocycles. The van der Waals surface area contributed by atoms with Crippen molar-refractivity contribution in [3.05, 3.63) is 12.1 Å². The van der Waals surface area contributed by atoms with Crippen molar-refractivity contribution in [2.75, 3.05) is 77.3 Å². The maximum Gasteiger partial charge on any atom is 0.227 e. The van der Waals surface area contributed by atoms with Crippen LogP contribution in [0.1, 0.15) is 52.4 Å². The van der Waals surface area contributed by atoms with Crippen LogP contribution in [0.5, 0.6) is 11.5 Å². The van der Waals surface area contributed by atoms with Crippen LogP contribution in [0, 0.1) is 5.92 Å². The minimum atomic E-state index is 0.408. The van der Waals surface area contributed by atoms with Crippen molar-refractivity contribution in [3.63, 3.8) is 0 Å². The number of piperidine rings is 1. The number of unbranched alkanes of at least 4 members (excludes halogenated alkanes) is 1. The highest BCUT2D eigenvalue weighted by Gasteiger charge is 2.22. The average molecular weight is 499 g/mol. The third-order valence-corrected chi connectivity index (χ3v) is 7.46. The average Bonchev–Trinajstić information content (AvgIpc) is 3.08. The van der Waals surface area contributed by atoms with E-state index >= 15 is 0 Å². The van der Waals surface area contributed by atoms with Crippen LogP contribution in [-0.2, 0) is 0 Å². The zero-order valence-corrected chi connectivity index (χ0v) is 23.1. The van der Waals surface area contributed by atoms with Gasteiger partial charge in [0, 0.05) is 37.1 Å². The van der Waals surface area contributed by atoms with Gasteiger partial charge in [0.15, 0.2) is 11.5 Å². The van der Waals surface area contributed by atoms with E-state index in [-0.39, 0.29) is 0 Å². The predicted molar refractivity (Wildman–Crippen MR) is 149 cm³/mol. The Kier molecular flexibility index (Phi) is 9.48. The van der Waals surface area contributed by atoms with Crippen LogP contribution < -0.4 is 19.7 Å². The van der Waals surface area contributed by atoms with Gasteiger partial charge in [0.2, 0.25) is 5.95 Å². The van der Waals surface area contributed by atoms with Crippen LogP contribution >= 0.6 is 0 Å². The highest BCUT2D eigenvalue weighted by Crippen LogP contribution is 2.36. The molecule has 1 aromatic heterocycles. The van der Waals surface area contributed by atoms with Crippen molar-refractivity contribution in [1.29, 1.82) is 0 Å². The molecular weight excluding hydrogens is 452 g/mol. The summed E-state index contributed by atoms with van der Waals surface area (Å²) in [5.74, 6) is 3.94. The Morgan fingerprint density at radius 3 is 2.47 bits per heavy atom. The first-order chi connectivity index (χ1) is 17.4. The molecule has 8 nitrogen and oxygen atoms in total. The maximum absolute atomic E-state index is 6.21. The van der Waals surface area contributed by atoms with Gasteiger partial charge in [-0.25, -0.2) is 4.98 Å². The lowest BCUT2D eigenvalue weighted by atomic mass is 10.1. The molecule has 2 fully saturated rings. The van der Waals surface area contributed by atoms with E-state index in [1.54, 1.807) is 7.11 Å². The van der Waals surface area contributed by atoms with Crippen molar-refractivity contribution >= 4 is 22.7 Å². The quantitative estimate of drug-likeness (QED) is 0.481. The molecule has 0 radical (unpaired) electrons. The summed E-state index contributed by atoms with van der Waals surface area (Å²) in [5.41, 5.74) is 0.908. The minimum Gasteiger partial charge on any atom is -0.493 e. The number of hydrogen-bond donors (Lipinski definition) is 1. The second kappa shape index (κ2) is 12.8. The number of ether oxygens (including phenoxy) is 2. The Morgan fingerprint density at radius 2 is 1.72 bits per heavy atom. The molecule has 200 valence electrons. The molecule has 0 atom stereocenters. The second-order valence-corrected chi connectivity index (χ2v) is 11.0. The van der Waals surface area contributed by atoms with Crippen molar-refractivity contribution in [2.24, 2.45) is 5.92 Å². The molecule has 1 aromatic carbocycles. The molecule has 0 aliphatic carbocycles. The van der Waals surface area contributed by atoms with Crippen LogP contribution in [-0.4, -0.2) is 92.9 Å². The number of fused-ring (bicyclic) bond motifs is 1. The van der Waals surface area contributed by atoms with Gasteiger partial charge in [0.25, 0.3) is 0 Å². The molecule has 4 rings (SSSR count). The van der Waals surface area contributed by atoms with Gasteiger partial charge in [-0.3, -0.25) is 0 Å². The van der Waals surface area contributed by atoms with Gasteiger partial charge in [-0.1, -0.05) is 20.3 Å². The van der Waals surface area contributed by atoms with E-state index in [0.29, 0.717) is 12.6 Å². The molecule has 0 bridgehead atoms. The van der Waals surface area contributed by atoms with Crippen molar-refractivity contribution < 1.29 is 9.47 Å². The number of nitrogens with one attached hydrogen (secondary N) is 1. The predicted octanol–water partition coefficient (Wildman–Crippen LogP) is 4.49. The number of hydrogen-bond acceptors (Lipinski definition) is 8. The molecule has 1 N–H and O–H groups in total. The fourth-order valence-corrected chi connectivity index (χ4v) is 5.08. The Labute approximate surface area is 217 Å². The molecular formula is C28H46N6O2. The van der Waals surface area contributed by atoms with E-state index in [2.05, 4.69) is 54.0 Å². The highest BCUT2D eigenvalue weighted by atomic mass is 16.5. The molecule has 2 aliphatic heterocycles. The molecule has 0 amide bonds. The summed E-state index contributed by atoms with van der Waals surface area (Å²) in [4.78, 5) is 17.2. The monoisotopic (exact) mass is 498 g/mol. The zero-order valence-electron chi connectivity index (χ0n) is 23.1. The van der Waals surface area contributed by atoms with Crippen molar-refractivity contribution in [3.8, 4) is 11.5 Å². The van der Waals surface area contributed by atoms with Gasteiger partial charge in [-0.2, -0.15) is 4.98 Å². The summed E-state index contributed by atoms with van der Waals surface area (Å²) < 4.78 is 12.0. The van der Waals surface area contributed by atoms with E-state index in [1.807, 2.05) is 6.07 Å². The van der Waals surface area contributed by atoms with E-state index in [4.69, 9.17) is 19.4 Å². The Bertz CT molecular complexity index is 976. The highest BCUT2D eigenvalue weighted by molar-refractivity contribution is 5.93. The Morgan fingerprint density at radius 1 is 0.944 bits per heavy atom. The summed E-state index contributed by atoms with van der Waals surface area (Å²) in [6.45, 7) is 11.5. The third kappa shape index (κ3) is 7.13. The molecule has 36 heavy (non-hydrogen) atoms. The summed E-state index contributed by atoms with van der Waals surface area (Å²) in [6.07, 6.45) is 6.78. The molecule has 0 unspecified atom stereocenters. The van der Waals surface area contributed by atoms with Gasteiger partial charge >= 0.3 is 0 Å². The van der Waals surface area contributed by atoms with Gasteiger partial charge in [-0.05, 0) is 77.8 Å². The van der Waals surface area contributed by atoms with Gasteiger partial charge in [0.1, 0.15) is 5.82 Å². The molecule has 2 aliphatic rings. The SMILES string of the molecule is COc1cc2c(NC3CCN(C)CC3)nc(N3CCCN(C)CC3)nc2cc1OCCCCC(C)C. The normalized spacial score (nSPS) is 18.6. The largest absolute Gasteiger partial charge is 0.493 e. The first-order valence-corrected chi connectivity index (χ1v) is 13.8. The molecule has 8 heteroatoms. The zero-order chi connectivity index (χ0) is 25.5. The summed E-state index contributed by atoms with van der Waals surface area (Å²) in [6, 6.07) is 4.51. The molecule has 2 saturated heterocycles. The van der Waals surface area contributed by atoms with Crippen molar-refractivity contribution in [1.82, 2.24) is 19.8 Å². The number of benzene rings is 1. The lowest BCUT2D eigenvalue weighted by Crippen LogP contribution is -2.37. The second-order valence-electron chi connectivity index (χ2n) is 11.0. The number of rotatable bonds is 10. The summed E-state index contributed by atoms with van der Waals surface area (Å²) >= 11 is 0. The summed E-state index contributed by atoms with van der Waals surface area (Å²) in [5, 5.41) is 4.77. The number of nitrogens with zero attached hydrogens (tertiary/aromatic N) is 5. The van der Waals surface area contributed by atoms with Gasteiger partial charge in [-0.15, -0.1) is 0 Å². The van der Waals surface area contributed by atoms with E-state index in [9.17, 15) is 0 Å². The van der Waals surface area contributed by atoms with Crippen molar-refractivity contribution in [2.45, 2.75) is 58.4 Å². The lowest BCUT2D eigenvalue weighted by molar-refractivity contribution is 0.263. The number of aromatic nitrogens is 2. The number of likely N-dealkylation sites (tertiary alicyclic amines) is 1. The maximum atomic E-state index is 6.21. The molecule has 3 heterocycles. The number of anilines is 2. The van der Waals surface area contributed by atoms with Crippen LogP contribution in [0.3, 0.4) is 0 Å². The first kappa shape index (κ1) is 26.7. The molecule has 2 aromatic rings. The minimum absolute atomic E-state index is 0.408. The lowest BCUT2D eigenvalue weighted by Gasteiger charge is -2.30. The molecule has 0 spiro atoms. The summed E-state index contributed by atoms with van der Waals surface area (Å²) in [7, 11) is 6.09. The van der Waals surface area contributed by atoms with Gasteiger partial charge < -0.3 is 29.5 Å². The van der Waals surface area contributed by atoms with E-state index in [0.717, 1.165) is 105 Å². The van der Waals surface area contributed by atoms with Crippen LogP contribution in [0.2, 0.25) is 0 Å². The van der Waals surface area contributed by atoms with Crippen LogP contribution in [0.15, 0.2) is 12.1 Å². The van der Waals surface area contributed by atoms with E-state index < -0.39 is 0 Å². The van der Waals surface area contributed by atoms with E-state index in [1.165, 1.54) is 12.8 Å². The Balaban J connectivity index is 1.63. The topological polar surface area (TPSA) is 66.0 Å². The van der Waals surface area contributed by atoms with Crippen LogP contribution in [0.25, 0.3) is 10.9 Å². The smallest absolute Gasteiger partial charge is 0.227 e. The number of methoxy groups -OCH3 is 1.